The monoisotopic (exact) mass is 566 g/mol. The van der Waals surface area contributed by atoms with Gasteiger partial charge in [-0.15, -0.1) is 23.1 Å². The molecule has 0 saturated heterocycles. The van der Waals surface area contributed by atoms with E-state index >= 15 is 0 Å². The molecule has 0 saturated carbocycles. The van der Waals surface area contributed by atoms with E-state index in [4.69, 9.17) is 23.2 Å². The molecule has 2 amide bonds. The zero-order chi connectivity index (χ0) is 26.2. The fourth-order valence-electron chi connectivity index (χ4n) is 3.25. The number of amides is 2. The molecule has 0 bridgehead atoms. The summed E-state index contributed by atoms with van der Waals surface area (Å²) in [5.41, 5.74) is 1.37. The predicted molar refractivity (Wildman–Crippen MR) is 153 cm³/mol. The van der Waals surface area contributed by atoms with Gasteiger partial charge in [0, 0.05) is 16.1 Å². The normalized spacial score (nSPS) is 11.1. The Morgan fingerprint density at radius 3 is 2.43 bits per heavy atom. The summed E-state index contributed by atoms with van der Waals surface area (Å²) in [6.45, 7) is 0. The van der Waals surface area contributed by atoms with Crippen LogP contribution in [0.3, 0.4) is 0 Å². The zero-order valence-electron chi connectivity index (χ0n) is 19.2. The lowest BCUT2D eigenvalue weighted by Crippen LogP contribution is -2.30. The first-order chi connectivity index (χ1) is 17.9. The topological polar surface area (TPSA) is 75.3 Å². The maximum atomic E-state index is 13.3. The largest absolute Gasteiger partial charge is 0.321 e. The van der Waals surface area contributed by atoms with Gasteiger partial charge >= 0.3 is 0 Å². The maximum Gasteiger partial charge on any atom is 0.272 e. The number of ketones is 1. The van der Waals surface area contributed by atoms with Gasteiger partial charge in [-0.3, -0.25) is 14.4 Å². The van der Waals surface area contributed by atoms with Crippen LogP contribution in [0.15, 0.2) is 101 Å². The van der Waals surface area contributed by atoms with E-state index in [1.165, 1.54) is 29.2 Å². The van der Waals surface area contributed by atoms with Crippen LogP contribution in [0.1, 0.15) is 25.6 Å². The van der Waals surface area contributed by atoms with Crippen molar-refractivity contribution in [1.29, 1.82) is 0 Å². The molecular weight excluding hydrogens is 547 g/mol. The third kappa shape index (κ3) is 7.33. The first kappa shape index (κ1) is 26.7. The number of hydrogen-bond donors (Lipinski definition) is 2. The van der Waals surface area contributed by atoms with Crippen molar-refractivity contribution in [3.63, 3.8) is 0 Å². The number of carbonyl (C=O) groups is 3. The van der Waals surface area contributed by atoms with Gasteiger partial charge < -0.3 is 10.6 Å². The van der Waals surface area contributed by atoms with Crippen LogP contribution in [0, 0.1) is 0 Å². The summed E-state index contributed by atoms with van der Waals surface area (Å²) in [7, 11) is 0. The molecule has 0 fully saturated rings. The molecule has 1 aromatic heterocycles. The number of halogens is 2. The van der Waals surface area contributed by atoms with E-state index in [-0.39, 0.29) is 22.3 Å². The Morgan fingerprint density at radius 2 is 1.68 bits per heavy atom. The van der Waals surface area contributed by atoms with Crippen LogP contribution >= 0.6 is 46.3 Å². The van der Waals surface area contributed by atoms with Gasteiger partial charge in [0.05, 0.1) is 20.7 Å². The number of Topliss-reactive ketones (excluding diaryl/α,β-unsaturated/α-hetero) is 1. The summed E-state index contributed by atoms with van der Waals surface area (Å²) in [6.07, 6.45) is 1.47. The Labute approximate surface area is 232 Å². The number of nitrogens with one attached hydrogen (secondary N) is 2. The van der Waals surface area contributed by atoms with Crippen LogP contribution in [-0.2, 0) is 4.79 Å². The van der Waals surface area contributed by atoms with E-state index in [2.05, 4.69) is 10.6 Å². The molecule has 1 heterocycles. The van der Waals surface area contributed by atoms with Crippen molar-refractivity contribution in [3.8, 4) is 0 Å². The summed E-state index contributed by atoms with van der Waals surface area (Å²) >= 11 is 15.2. The van der Waals surface area contributed by atoms with Crippen LogP contribution in [0.25, 0.3) is 6.08 Å². The third-order valence-corrected chi connectivity index (χ3v) is 7.81. The van der Waals surface area contributed by atoms with Crippen molar-refractivity contribution in [2.24, 2.45) is 0 Å². The molecule has 4 aromatic rings. The lowest BCUT2D eigenvalue weighted by molar-refractivity contribution is -0.113. The fraction of sp³-hybridized carbons (Fsp3) is 0.0357. The molecule has 4 rings (SSSR count). The van der Waals surface area contributed by atoms with Crippen molar-refractivity contribution in [2.45, 2.75) is 4.90 Å². The Hall–Kier alpha value is -3.36. The molecule has 0 radical (unpaired) electrons. The minimum atomic E-state index is -0.544. The smallest absolute Gasteiger partial charge is 0.272 e. The van der Waals surface area contributed by atoms with Crippen molar-refractivity contribution in [1.82, 2.24) is 5.32 Å². The SMILES string of the molecule is O=C(Nc1cccc(SCC(=O)c2cccs2)c1)/C(=C/c1cccc(Cl)c1Cl)NC(=O)c1ccccc1. The summed E-state index contributed by atoms with van der Waals surface area (Å²) < 4.78 is 0. The van der Waals surface area contributed by atoms with Gasteiger partial charge in [-0.1, -0.05) is 65.7 Å². The van der Waals surface area contributed by atoms with Gasteiger partial charge in [-0.25, -0.2) is 0 Å². The standard InChI is InChI=1S/C28H20Cl2N2O3S2/c29-22-12-4-9-19(26(22)30)15-23(32-27(34)18-7-2-1-3-8-18)28(35)31-20-10-5-11-21(16-20)37-17-24(33)25-13-6-14-36-25/h1-16H,17H2,(H,31,35)(H,32,34)/b23-15-. The van der Waals surface area contributed by atoms with E-state index in [1.54, 1.807) is 72.8 Å². The molecule has 3 aromatic carbocycles. The molecule has 0 aliphatic heterocycles. The lowest BCUT2D eigenvalue weighted by atomic mass is 10.1. The van der Waals surface area contributed by atoms with Crippen molar-refractivity contribution in [2.75, 3.05) is 11.1 Å². The van der Waals surface area contributed by atoms with Crippen LogP contribution in [0.4, 0.5) is 5.69 Å². The highest BCUT2D eigenvalue weighted by Crippen LogP contribution is 2.28. The summed E-state index contributed by atoms with van der Waals surface area (Å²) in [4.78, 5) is 40.0. The second kappa shape index (κ2) is 12.7. The highest BCUT2D eigenvalue weighted by Gasteiger charge is 2.17. The molecular formula is C28H20Cl2N2O3S2. The van der Waals surface area contributed by atoms with Gasteiger partial charge in [0.15, 0.2) is 5.78 Å². The molecule has 0 unspecified atom stereocenters. The Kier molecular flexibility index (Phi) is 9.19. The fourth-order valence-corrected chi connectivity index (χ4v) is 5.21. The Morgan fingerprint density at radius 1 is 0.892 bits per heavy atom. The zero-order valence-corrected chi connectivity index (χ0v) is 22.4. The summed E-state index contributed by atoms with van der Waals surface area (Å²) in [6, 6.07) is 24.4. The molecule has 37 heavy (non-hydrogen) atoms. The summed E-state index contributed by atoms with van der Waals surface area (Å²) in [5, 5.41) is 7.95. The lowest BCUT2D eigenvalue weighted by Gasteiger charge is -2.13. The van der Waals surface area contributed by atoms with Crippen molar-refractivity contribution in [3.05, 3.63) is 122 Å². The number of thioether (sulfide) groups is 1. The van der Waals surface area contributed by atoms with Gasteiger partial charge in [0.1, 0.15) is 5.70 Å². The van der Waals surface area contributed by atoms with Gasteiger partial charge in [-0.05, 0) is 59.5 Å². The average Bonchev–Trinajstić information content (AvgIpc) is 3.45. The minimum Gasteiger partial charge on any atom is -0.321 e. The average molecular weight is 568 g/mol. The molecule has 186 valence electrons. The number of hydrogen-bond acceptors (Lipinski definition) is 5. The Bertz CT molecular complexity index is 1460. The quantitative estimate of drug-likeness (QED) is 0.125. The van der Waals surface area contributed by atoms with Gasteiger partial charge in [-0.2, -0.15) is 0 Å². The first-order valence-electron chi connectivity index (χ1n) is 11.0. The number of anilines is 1. The molecule has 0 atom stereocenters. The highest BCUT2D eigenvalue weighted by atomic mass is 35.5. The molecule has 2 N–H and O–H groups in total. The van der Waals surface area contributed by atoms with Crippen LogP contribution in [-0.4, -0.2) is 23.4 Å². The third-order valence-electron chi connectivity index (χ3n) is 5.07. The number of rotatable bonds is 9. The van der Waals surface area contributed by atoms with Crippen LogP contribution in [0.2, 0.25) is 10.0 Å². The number of benzene rings is 3. The first-order valence-corrected chi connectivity index (χ1v) is 13.7. The number of carbonyl (C=O) groups excluding carboxylic acids is 3. The molecule has 0 aliphatic rings. The molecule has 0 spiro atoms. The summed E-state index contributed by atoms with van der Waals surface area (Å²) in [5.74, 6) is -0.668. The van der Waals surface area contributed by atoms with Gasteiger partial charge in [0.25, 0.3) is 11.8 Å². The second-order valence-corrected chi connectivity index (χ2v) is 10.5. The van der Waals surface area contributed by atoms with Crippen LogP contribution < -0.4 is 10.6 Å². The maximum absolute atomic E-state index is 13.3. The predicted octanol–water partition coefficient (Wildman–Crippen LogP) is 7.44. The van der Waals surface area contributed by atoms with E-state index in [1.807, 2.05) is 17.5 Å². The van der Waals surface area contributed by atoms with Crippen molar-refractivity contribution >= 4 is 75.7 Å². The minimum absolute atomic E-state index is 0.0102. The van der Waals surface area contributed by atoms with Gasteiger partial charge in [0.2, 0.25) is 0 Å². The van der Waals surface area contributed by atoms with E-state index < -0.39 is 11.8 Å². The number of thiophene rings is 1. The second-order valence-electron chi connectivity index (χ2n) is 7.69. The van der Waals surface area contributed by atoms with E-state index in [9.17, 15) is 14.4 Å². The van der Waals surface area contributed by atoms with E-state index in [0.717, 1.165) is 4.90 Å². The highest BCUT2D eigenvalue weighted by molar-refractivity contribution is 8.00. The molecule has 0 aliphatic carbocycles. The van der Waals surface area contributed by atoms with E-state index in [0.29, 0.717) is 26.7 Å². The molecule has 9 heteroatoms. The Balaban J connectivity index is 1.53. The van der Waals surface area contributed by atoms with Crippen molar-refractivity contribution < 1.29 is 14.4 Å². The molecule has 5 nitrogen and oxygen atoms in total. The van der Waals surface area contributed by atoms with Crippen LogP contribution in [0.5, 0.6) is 0 Å².